The minimum atomic E-state index is -0.406. The minimum Gasteiger partial charge on any atom is -0.351 e. The van der Waals surface area contributed by atoms with Crippen LogP contribution in [-0.2, 0) is 11.3 Å². The Labute approximate surface area is 150 Å². The molecule has 5 heteroatoms. The fourth-order valence-electron chi connectivity index (χ4n) is 2.32. The fraction of sp³-hybridized carbons (Fsp3) is 0.100. The summed E-state index contributed by atoms with van der Waals surface area (Å²) >= 11 is 1.40. The number of hydrogen-bond donors (Lipinski definition) is 1. The third kappa shape index (κ3) is 4.90. The van der Waals surface area contributed by atoms with Gasteiger partial charge in [-0.1, -0.05) is 60.3 Å². The zero-order chi connectivity index (χ0) is 17.5. The van der Waals surface area contributed by atoms with E-state index in [0.717, 1.165) is 16.2 Å². The molecule has 0 bridgehead atoms. The molecule has 0 saturated heterocycles. The van der Waals surface area contributed by atoms with Crippen LogP contribution in [0.2, 0.25) is 0 Å². The maximum atomic E-state index is 13.0. The number of halogens is 1. The molecule has 3 rings (SSSR count). The Bertz CT molecular complexity index is 810. The first-order valence-corrected chi connectivity index (χ1v) is 8.75. The van der Waals surface area contributed by atoms with Gasteiger partial charge in [0.15, 0.2) is 0 Å². The van der Waals surface area contributed by atoms with Gasteiger partial charge in [0.1, 0.15) is 11.1 Å². The van der Waals surface area contributed by atoms with Gasteiger partial charge < -0.3 is 5.32 Å². The van der Waals surface area contributed by atoms with E-state index in [0.29, 0.717) is 6.54 Å². The molecule has 1 amide bonds. The molecule has 0 saturated carbocycles. The van der Waals surface area contributed by atoms with Gasteiger partial charge in [0.25, 0.3) is 0 Å². The normalized spacial score (nSPS) is 11.7. The summed E-state index contributed by atoms with van der Waals surface area (Å²) in [5, 5.41) is 3.31. The smallest absolute Gasteiger partial charge is 0.238 e. The number of nitrogens with one attached hydrogen (secondary N) is 1. The van der Waals surface area contributed by atoms with Crippen LogP contribution in [0.1, 0.15) is 16.4 Å². The Morgan fingerprint density at radius 2 is 1.72 bits per heavy atom. The molecule has 0 aliphatic carbocycles. The van der Waals surface area contributed by atoms with E-state index in [1.54, 1.807) is 18.3 Å². The number of rotatable bonds is 6. The average molecular weight is 352 g/mol. The molecular weight excluding hydrogens is 335 g/mol. The van der Waals surface area contributed by atoms with Gasteiger partial charge in [-0.15, -0.1) is 0 Å². The van der Waals surface area contributed by atoms with E-state index >= 15 is 0 Å². The van der Waals surface area contributed by atoms with Crippen LogP contribution in [0.25, 0.3) is 0 Å². The summed E-state index contributed by atoms with van der Waals surface area (Å²) in [4.78, 5) is 17.1. The molecule has 1 N–H and O–H groups in total. The highest BCUT2D eigenvalue weighted by atomic mass is 32.2. The van der Waals surface area contributed by atoms with Crippen molar-refractivity contribution in [2.45, 2.75) is 16.8 Å². The van der Waals surface area contributed by atoms with Crippen molar-refractivity contribution in [2.75, 3.05) is 0 Å². The Balaban J connectivity index is 1.74. The van der Waals surface area contributed by atoms with Gasteiger partial charge in [0.2, 0.25) is 5.91 Å². The molecule has 0 aliphatic rings. The van der Waals surface area contributed by atoms with Crippen LogP contribution in [0.15, 0.2) is 84.0 Å². The Morgan fingerprint density at radius 1 is 1.00 bits per heavy atom. The van der Waals surface area contributed by atoms with Crippen LogP contribution in [0.3, 0.4) is 0 Å². The molecule has 1 heterocycles. The summed E-state index contributed by atoms with van der Waals surface area (Å²) in [6.07, 6.45) is 1.71. The van der Waals surface area contributed by atoms with Crippen LogP contribution in [0, 0.1) is 5.82 Å². The van der Waals surface area contributed by atoms with Gasteiger partial charge in [-0.05, 0) is 35.4 Å². The first-order valence-electron chi connectivity index (χ1n) is 7.87. The van der Waals surface area contributed by atoms with Crippen molar-refractivity contribution in [1.29, 1.82) is 0 Å². The fourth-order valence-corrected chi connectivity index (χ4v) is 3.33. The number of pyridine rings is 1. The molecule has 0 aliphatic heterocycles. The molecule has 0 unspecified atom stereocenters. The number of carbonyl (C=O) groups excluding carboxylic acids is 1. The van der Waals surface area contributed by atoms with Gasteiger partial charge in [-0.2, -0.15) is 0 Å². The summed E-state index contributed by atoms with van der Waals surface area (Å²) in [7, 11) is 0. The third-order valence-corrected chi connectivity index (χ3v) is 4.80. The zero-order valence-corrected chi connectivity index (χ0v) is 14.2. The Morgan fingerprint density at radius 3 is 2.40 bits per heavy atom. The first kappa shape index (κ1) is 17.2. The second-order valence-corrected chi connectivity index (χ2v) is 6.55. The van der Waals surface area contributed by atoms with Crippen molar-refractivity contribution in [3.8, 4) is 0 Å². The van der Waals surface area contributed by atoms with Crippen LogP contribution >= 0.6 is 11.8 Å². The predicted molar refractivity (Wildman–Crippen MR) is 97.5 cm³/mol. The van der Waals surface area contributed by atoms with Crippen molar-refractivity contribution < 1.29 is 9.18 Å². The number of aromatic nitrogens is 1. The van der Waals surface area contributed by atoms with E-state index in [1.165, 1.54) is 23.9 Å². The summed E-state index contributed by atoms with van der Waals surface area (Å²) in [5.74, 6) is -0.394. The summed E-state index contributed by atoms with van der Waals surface area (Å²) in [6, 6.07) is 21.3. The van der Waals surface area contributed by atoms with E-state index < -0.39 is 5.25 Å². The molecular formula is C20H17FN2OS. The molecule has 1 atom stereocenters. The lowest BCUT2D eigenvalue weighted by molar-refractivity contribution is -0.120. The molecule has 0 radical (unpaired) electrons. The van der Waals surface area contributed by atoms with E-state index in [-0.39, 0.29) is 11.7 Å². The molecule has 1 aromatic heterocycles. The van der Waals surface area contributed by atoms with E-state index in [4.69, 9.17) is 0 Å². The quantitative estimate of drug-likeness (QED) is 0.670. The molecule has 0 fully saturated rings. The van der Waals surface area contributed by atoms with Crippen LogP contribution in [-0.4, -0.2) is 10.9 Å². The number of carbonyl (C=O) groups is 1. The highest BCUT2D eigenvalue weighted by Crippen LogP contribution is 2.34. The topological polar surface area (TPSA) is 42.0 Å². The van der Waals surface area contributed by atoms with Gasteiger partial charge >= 0.3 is 0 Å². The molecule has 3 nitrogen and oxygen atoms in total. The minimum absolute atomic E-state index is 0.105. The molecule has 2 aromatic carbocycles. The van der Waals surface area contributed by atoms with Crippen molar-refractivity contribution >= 4 is 17.7 Å². The largest absolute Gasteiger partial charge is 0.351 e. The number of hydrogen-bond acceptors (Lipinski definition) is 3. The number of benzene rings is 2. The third-order valence-electron chi connectivity index (χ3n) is 3.60. The highest BCUT2D eigenvalue weighted by Gasteiger charge is 2.22. The molecule has 0 spiro atoms. The maximum Gasteiger partial charge on any atom is 0.238 e. The second-order valence-electron chi connectivity index (χ2n) is 5.42. The summed E-state index contributed by atoms with van der Waals surface area (Å²) < 4.78 is 13.0. The Hall–Kier alpha value is -2.66. The van der Waals surface area contributed by atoms with Crippen molar-refractivity contribution in [3.63, 3.8) is 0 Å². The summed E-state index contributed by atoms with van der Waals surface area (Å²) in [5.41, 5.74) is 1.76. The van der Waals surface area contributed by atoms with Crippen molar-refractivity contribution in [1.82, 2.24) is 10.3 Å². The lowest BCUT2D eigenvalue weighted by Gasteiger charge is -2.16. The zero-order valence-electron chi connectivity index (χ0n) is 13.4. The lowest BCUT2D eigenvalue weighted by Crippen LogP contribution is -2.27. The number of amides is 1. The molecule has 3 aromatic rings. The second kappa shape index (κ2) is 8.44. The van der Waals surface area contributed by atoms with Gasteiger partial charge in [0, 0.05) is 12.7 Å². The van der Waals surface area contributed by atoms with Gasteiger partial charge in [-0.25, -0.2) is 9.37 Å². The van der Waals surface area contributed by atoms with Crippen LogP contribution in [0.4, 0.5) is 4.39 Å². The predicted octanol–water partition coefficient (Wildman–Crippen LogP) is 4.37. The van der Waals surface area contributed by atoms with Crippen molar-refractivity contribution in [2.24, 2.45) is 0 Å². The molecule has 25 heavy (non-hydrogen) atoms. The van der Waals surface area contributed by atoms with Crippen LogP contribution < -0.4 is 5.32 Å². The number of nitrogens with zero attached hydrogens (tertiary/aromatic N) is 1. The SMILES string of the molecule is O=C(NCc1ccc(F)cc1)[C@@H](Sc1ccccn1)c1ccccc1. The van der Waals surface area contributed by atoms with Gasteiger partial charge in [0.05, 0.1) is 5.03 Å². The Kier molecular flexibility index (Phi) is 5.80. The molecule has 126 valence electrons. The average Bonchev–Trinajstić information content (AvgIpc) is 2.67. The highest BCUT2D eigenvalue weighted by molar-refractivity contribution is 8.00. The first-order chi connectivity index (χ1) is 12.2. The van der Waals surface area contributed by atoms with E-state index in [2.05, 4.69) is 10.3 Å². The van der Waals surface area contributed by atoms with Crippen LogP contribution in [0.5, 0.6) is 0 Å². The monoisotopic (exact) mass is 352 g/mol. The lowest BCUT2D eigenvalue weighted by atomic mass is 10.1. The van der Waals surface area contributed by atoms with E-state index in [9.17, 15) is 9.18 Å². The van der Waals surface area contributed by atoms with Gasteiger partial charge in [-0.3, -0.25) is 4.79 Å². The van der Waals surface area contributed by atoms with Crippen molar-refractivity contribution in [3.05, 3.63) is 95.9 Å². The summed E-state index contributed by atoms with van der Waals surface area (Å²) in [6.45, 7) is 0.352. The maximum absolute atomic E-state index is 13.0. The standard InChI is InChI=1S/C20H17FN2OS/c21-17-11-9-15(10-12-17)14-23-20(24)19(16-6-2-1-3-7-16)25-18-8-4-5-13-22-18/h1-13,19H,14H2,(H,23,24)/t19-/m0/s1. The number of thioether (sulfide) groups is 1. The van der Waals surface area contributed by atoms with E-state index in [1.807, 2.05) is 48.5 Å².